The highest BCUT2D eigenvalue weighted by Crippen LogP contribution is 2.25. The SMILES string of the molecule is Cn1cc(CC2CNCCC2=O)c2cc(F)ccc21. The van der Waals surface area contributed by atoms with Crippen LogP contribution in [-0.4, -0.2) is 23.4 Å². The Morgan fingerprint density at radius 3 is 3.11 bits per heavy atom. The van der Waals surface area contributed by atoms with Crippen molar-refractivity contribution in [3.05, 3.63) is 35.8 Å². The van der Waals surface area contributed by atoms with Gasteiger partial charge in [-0.05, 0) is 30.2 Å². The molecule has 19 heavy (non-hydrogen) atoms. The number of aromatic nitrogens is 1. The van der Waals surface area contributed by atoms with Crippen LogP contribution in [0.25, 0.3) is 10.9 Å². The molecule has 0 spiro atoms. The number of halogens is 1. The van der Waals surface area contributed by atoms with Crippen molar-refractivity contribution in [3.8, 4) is 0 Å². The monoisotopic (exact) mass is 260 g/mol. The van der Waals surface area contributed by atoms with E-state index in [-0.39, 0.29) is 11.7 Å². The molecule has 1 N–H and O–H groups in total. The minimum Gasteiger partial charge on any atom is -0.350 e. The predicted molar refractivity (Wildman–Crippen MR) is 72.6 cm³/mol. The van der Waals surface area contributed by atoms with Gasteiger partial charge in [-0.1, -0.05) is 0 Å². The van der Waals surface area contributed by atoms with E-state index in [1.165, 1.54) is 6.07 Å². The second kappa shape index (κ2) is 4.78. The summed E-state index contributed by atoms with van der Waals surface area (Å²) in [4.78, 5) is 11.9. The van der Waals surface area contributed by atoms with E-state index in [2.05, 4.69) is 5.32 Å². The highest BCUT2D eigenvalue weighted by atomic mass is 19.1. The van der Waals surface area contributed by atoms with Gasteiger partial charge in [-0.25, -0.2) is 4.39 Å². The molecule has 0 bridgehead atoms. The summed E-state index contributed by atoms with van der Waals surface area (Å²) < 4.78 is 15.4. The third-order valence-electron chi connectivity index (χ3n) is 3.89. The minimum atomic E-state index is -0.229. The Kier molecular flexibility index (Phi) is 3.11. The van der Waals surface area contributed by atoms with Gasteiger partial charge in [-0.15, -0.1) is 0 Å². The first-order valence-corrected chi connectivity index (χ1v) is 6.62. The van der Waals surface area contributed by atoms with E-state index in [0.717, 1.165) is 29.6 Å². The lowest BCUT2D eigenvalue weighted by Crippen LogP contribution is -2.37. The van der Waals surface area contributed by atoms with Crippen molar-refractivity contribution in [1.29, 1.82) is 0 Å². The number of rotatable bonds is 2. The number of fused-ring (bicyclic) bond motifs is 1. The van der Waals surface area contributed by atoms with Gasteiger partial charge in [-0.3, -0.25) is 4.79 Å². The summed E-state index contributed by atoms with van der Waals surface area (Å²) in [6.45, 7) is 1.50. The number of Topliss-reactive ketones (excluding diaryl/α,β-unsaturated/α-hetero) is 1. The minimum absolute atomic E-state index is 0.0163. The Labute approximate surface area is 111 Å². The van der Waals surface area contributed by atoms with Gasteiger partial charge in [0.1, 0.15) is 11.6 Å². The van der Waals surface area contributed by atoms with Crippen LogP contribution in [0.3, 0.4) is 0 Å². The molecule has 1 fully saturated rings. The lowest BCUT2D eigenvalue weighted by atomic mass is 9.91. The molecule has 1 aromatic heterocycles. The van der Waals surface area contributed by atoms with Crippen LogP contribution in [0, 0.1) is 11.7 Å². The molecule has 1 aliphatic rings. The zero-order valence-corrected chi connectivity index (χ0v) is 10.9. The van der Waals surface area contributed by atoms with Gasteiger partial charge < -0.3 is 9.88 Å². The van der Waals surface area contributed by atoms with Gasteiger partial charge in [0, 0.05) is 49.6 Å². The van der Waals surface area contributed by atoms with Crippen LogP contribution in [-0.2, 0) is 18.3 Å². The molecule has 0 saturated carbocycles. The van der Waals surface area contributed by atoms with Crippen LogP contribution in [0.15, 0.2) is 24.4 Å². The first kappa shape index (κ1) is 12.4. The Morgan fingerprint density at radius 2 is 2.32 bits per heavy atom. The van der Waals surface area contributed by atoms with E-state index in [9.17, 15) is 9.18 Å². The maximum Gasteiger partial charge on any atom is 0.138 e. The molecule has 1 unspecified atom stereocenters. The molecule has 100 valence electrons. The number of piperidine rings is 1. The molecule has 4 heteroatoms. The number of hydrogen-bond donors (Lipinski definition) is 1. The van der Waals surface area contributed by atoms with E-state index in [0.29, 0.717) is 18.6 Å². The fraction of sp³-hybridized carbons (Fsp3) is 0.400. The number of ketones is 1. The number of hydrogen-bond acceptors (Lipinski definition) is 2. The quantitative estimate of drug-likeness (QED) is 0.896. The van der Waals surface area contributed by atoms with Gasteiger partial charge in [-0.2, -0.15) is 0 Å². The summed E-state index contributed by atoms with van der Waals surface area (Å²) in [7, 11) is 1.95. The summed E-state index contributed by atoms with van der Waals surface area (Å²) in [6, 6.07) is 4.82. The standard InChI is InChI=1S/C15H17FN2O/c1-18-9-11(6-10-8-17-5-4-15(10)19)13-7-12(16)2-3-14(13)18/h2-3,7,9-10,17H,4-6,8H2,1H3. The number of benzene rings is 1. The number of aryl methyl sites for hydroxylation is 1. The summed E-state index contributed by atoms with van der Waals surface area (Å²) in [5, 5.41) is 4.17. The molecule has 3 nitrogen and oxygen atoms in total. The van der Waals surface area contributed by atoms with Gasteiger partial charge in [0.2, 0.25) is 0 Å². The highest BCUT2D eigenvalue weighted by Gasteiger charge is 2.23. The Morgan fingerprint density at radius 1 is 1.47 bits per heavy atom. The van der Waals surface area contributed by atoms with Crippen molar-refractivity contribution in [2.24, 2.45) is 13.0 Å². The van der Waals surface area contributed by atoms with Gasteiger partial charge >= 0.3 is 0 Å². The number of carbonyl (C=O) groups is 1. The van der Waals surface area contributed by atoms with E-state index < -0.39 is 0 Å². The largest absolute Gasteiger partial charge is 0.350 e. The predicted octanol–water partition coefficient (Wildman–Crippen LogP) is 2.04. The van der Waals surface area contributed by atoms with Crippen LogP contribution in [0.1, 0.15) is 12.0 Å². The third kappa shape index (κ3) is 2.28. The second-order valence-corrected chi connectivity index (χ2v) is 5.25. The van der Waals surface area contributed by atoms with E-state index in [1.54, 1.807) is 12.1 Å². The summed E-state index contributed by atoms with van der Waals surface area (Å²) >= 11 is 0. The molecule has 0 aliphatic carbocycles. The molecule has 2 aromatic rings. The molecule has 0 radical (unpaired) electrons. The number of carbonyl (C=O) groups excluding carboxylic acids is 1. The topological polar surface area (TPSA) is 34.0 Å². The van der Waals surface area contributed by atoms with Crippen LogP contribution >= 0.6 is 0 Å². The molecule has 1 saturated heterocycles. The first-order valence-electron chi connectivity index (χ1n) is 6.62. The molecule has 1 atom stereocenters. The molecular weight excluding hydrogens is 243 g/mol. The van der Waals surface area contributed by atoms with Crippen molar-refractivity contribution in [3.63, 3.8) is 0 Å². The van der Waals surface area contributed by atoms with Crippen molar-refractivity contribution < 1.29 is 9.18 Å². The lowest BCUT2D eigenvalue weighted by Gasteiger charge is -2.21. The molecule has 2 heterocycles. The molecular formula is C15H17FN2O. The van der Waals surface area contributed by atoms with Crippen molar-refractivity contribution in [2.75, 3.05) is 13.1 Å². The average molecular weight is 260 g/mol. The van der Waals surface area contributed by atoms with Gasteiger partial charge in [0.15, 0.2) is 0 Å². The Balaban J connectivity index is 1.96. The van der Waals surface area contributed by atoms with Crippen molar-refractivity contribution in [1.82, 2.24) is 9.88 Å². The Bertz CT molecular complexity index is 632. The molecule has 1 aromatic carbocycles. The smallest absolute Gasteiger partial charge is 0.138 e. The van der Waals surface area contributed by atoms with Crippen molar-refractivity contribution in [2.45, 2.75) is 12.8 Å². The van der Waals surface area contributed by atoms with Crippen LogP contribution in [0.4, 0.5) is 4.39 Å². The van der Waals surface area contributed by atoms with E-state index >= 15 is 0 Å². The van der Waals surface area contributed by atoms with Crippen LogP contribution < -0.4 is 5.32 Å². The maximum absolute atomic E-state index is 13.4. The van der Waals surface area contributed by atoms with Crippen LogP contribution in [0.2, 0.25) is 0 Å². The van der Waals surface area contributed by atoms with Gasteiger partial charge in [0.05, 0.1) is 0 Å². The zero-order valence-electron chi connectivity index (χ0n) is 10.9. The zero-order chi connectivity index (χ0) is 13.4. The van der Waals surface area contributed by atoms with E-state index in [1.807, 2.05) is 17.8 Å². The number of nitrogens with zero attached hydrogens (tertiary/aromatic N) is 1. The molecule has 3 rings (SSSR count). The average Bonchev–Trinajstić information content (AvgIpc) is 2.69. The summed E-state index contributed by atoms with van der Waals surface area (Å²) in [5.74, 6) is 0.0998. The van der Waals surface area contributed by atoms with E-state index in [4.69, 9.17) is 0 Å². The summed E-state index contributed by atoms with van der Waals surface area (Å²) in [6.07, 6.45) is 3.29. The van der Waals surface area contributed by atoms with Crippen LogP contribution in [0.5, 0.6) is 0 Å². The first-order chi connectivity index (χ1) is 9.15. The summed E-state index contributed by atoms with van der Waals surface area (Å²) in [5.41, 5.74) is 2.06. The Hall–Kier alpha value is -1.68. The second-order valence-electron chi connectivity index (χ2n) is 5.25. The fourth-order valence-electron chi connectivity index (χ4n) is 2.87. The maximum atomic E-state index is 13.4. The highest BCUT2D eigenvalue weighted by molar-refractivity contribution is 5.86. The van der Waals surface area contributed by atoms with Gasteiger partial charge in [0.25, 0.3) is 0 Å². The molecule has 1 aliphatic heterocycles. The third-order valence-corrected chi connectivity index (χ3v) is 3.89. The normalized spacial score (nSPS) is 20.1. The molecule has 0 amide bonds. The lowest BCUT2D eigenvalue weighted by molar-refractivity contribution is -0.123. The fourth-order valence-corrected chi connectivity index (χ4v) is 2.87. The number of nitrogens with one attached hydrogen (secondary N) is 1. The van der Waals surface area contributed by atoms with Crippen molar-refractivity contribution >= 4 is 16.7 Å².